The van der Waals surface area contributed by atoms with E-state index < -0.39 is 0 Å². The quantitative estimate of drug-likeness (QED) is 0.760. The van der Waals surface area contributed by atoms with Crippen LogP contribution in [0.1, 0.15) is 24.1 Å². The SMILES string of the molecule is Cc1nn(CCC(=O)Nc2ccc3c(c2)CCC(=O)N3)c2ccccc12. The minimum absolute atomic E-state index is 0.0380. The van der Waals surface area contributed by atoms with E-state index in [1.54, 1.807) is 0 Å². The molecule has 1 aliphatic heterocycles. The van der Waals surface area contributed by atoms with Gasteiger partial charge in [0.05, 0.1) is 17.8 Å². The second kappa shape index (κ2) is 6.63. The molecule has 1 aromatic heterocycles. The molecule has 0 aliphatic carbocycles. The number of carbonyl (C=O) groups is 2. The van der Waals surface area contributed by atoms with E-state index in [0.717, 1.165) is 33.5 Å². The summed E-state index contributed by atoms with van der Waals surface area (Å²) in [6.07, 6.45) is 1.53. The van der Waals surface area contributed by atoms with Crippen molar-refractivity contribution in [1.29, 1.82) is 0 Å². The Morgan fingerprint density at radius 2 is 2.08 bits per heavy atom. The van der Waals surface area contributed by atoms with Crippen LogP contribution in [-0.2, 0) is 22.6 Å². The molecule has 0 radical (unpaired) electrons. The lowest BCUT2D eigenvalue weighted by atomic mass is 10.0. The number of anilines is 2. The monoisotopic (exact) mass is 348 g/mol. The van der Waals surface area contributed by atoms with E-state index in [-0.39, 0.29) is 11.8 Å². The van der Waals surface area contributed by atoms with Gasteiger partial charge in [0, 0.05) is 29.6 Å². The van der Waals surface area contributed by atoms with Gasteiger partial charge in [0.2, 0.25) is 11.8 Å². The highest BCUT2D eigenvalue weighted by atomic mass is 16.2. The Morgan fingerprint density at radius 3 is 2.96 bits per heavy atom. The highest BCUT2D eigenvalue weighted by Gasteiger charge is 2.15. The van der Waals surface area contributed by atoms with Crippen LogP contribution in [0.25, 0.3) is 10.9 Å². The largest absolute Gasteiger partial charge is 0.326 e. The first kappa shape index (κ1) is 16.3. The smallest absolute Gasteiger partial charge is 0.226 e. The first-order valence-corrected chi connectivity index (χ1v) is 8.75. The highest BCUT2D eigenvalue weighted by Crippen LogP contribution is 2.25. The summed E-state index contributed by atoms with van der Waals surface area (Å²) in [4.78, 5) is 23.7. The number of aromatic nitrogens is 2. The second-order valence-electron chi connectivity index (χ2n) is 6.54. The Labute approximate surface area is 151 Å². The van der Waals surface area contributed by atoms with Gasteiger partial charge in [-0.15, -0.1) is 0 Å². The first-order chi connectivity index (χ1) is 12.6. The van der Waals surface area contributed by atoms with Gasteiger partial charge in [0.15, 0.2) is 0 Å². The van der Waals surface area contributed by atoms with Crippen LogP contribution >= 0.6 is 0 Å². The Kier molecular flexibility index (Phi) is 4.16. The molecule has 26 heavy (non-hydrogen) atoms. The lowest BCUT2D eigenvalue weighted by molar-refractivity contribution is -0.117. The maximum atomic E-state index is 12.3. The van der Waals surface area contributed by atoms with Gasteiger partial charge >= 0.3 is 0 Å². The number of hydrogen-bond acceptors (Lipinski definition) is 3. The minimum atomic E-state index is -0.0537. The first-order valence-electron chi connectivity index (χ1n) is 8.75. The van der Waals surface area contributed by atoms with Gasteiger partial charge in [-0.1, -0.05) is 18.2 Å². The van der Waals surface area contributed by atoms with Gasteiger partial charge in [-0.25, -0.2) is 0 Å². The predicted octanol–water partition coefficient (Wildman–Crippen LogP) is 3.26. The predicted molar refractivity (Wildman–Crippen MR) is 101 cm³/mol. The van der Waals surface area contributed by atoms with E-state index in [1.165, 1.54) is 0 Å². The minimum Gasteiger partial charge on any atom is -0.326 e. The topological polar surface area (TPSA) is 76.0 Å². The van der Waals surface area contributed by atoms with Crippen LogP contribution in [0.2, 0.25) is 0 Å². The van der Waals surface area contributed by atoms with E-state index in [4.69, 9.17) is 0 Å². The molecule has 3 aromatic rings. The Morgan fingerprint density at radius 1 is 1.23 bits per heavy atom. The van der Waals surface area contributed by atoms with E-state index >= 15 is 0 Å². The number of para-hydroxylation sites is 1. The van der Waals surface area contributed by atoms with Crippen molar-refractivity contribution in [3.63, 3.8) is 0 Å². The summed E-state index contributed by atoms with van der Waals surface area (Å²) in [5, 5.41) is 11.4. The van der Waals surface area contributed by atoms with Gasteiger partial charge < -0.3 is 10.6 Å². The lowest BCUT2D eigenvalue weighted by Crippen LogP contribution is -2.19. The third-order valence-electron chi connectivity index (χ3n) is 4.68. The standard InChI is InChI=1S/C20H20N4O2/c1-13-16-4-2-3-5-18(16)24(23-13)11-10-20(26)21-15-7-8-17-14(12-15)6-9-19(25)22-17/h2-5,7-8,12H,6,9-11H2,1H3,(H,21,26)(H,22,25). The molecule has 6 nitrogen and oxygen atoms in total. The molecule has 132 valence electrons. The number of nitrogens with zero attached hydrogens (tertiary/aromatic N) is 2. The van der Waals surface area contributed by atoms with Crippen LogP contribution < -0.4 is 10.6 Å². The van der Waals surface area contributed by atoms with Crippen LogP contribution in [0, 0.1) is 6.92 Å². The van der Waals surface area contributed by atoms with Gasteiger partial charge in [-0.2, -0.15) is 5.10 Å². The number of carbonyl (C=O) groups excluding carboxylic acids is 2. The molecular weight excluding hydrogens is 328 g/mol. The number of aryl methyl sites for hydroxylation is 3. The average Bonchev–Trinajstić information content (AvgIpc) is 2.96. The Bertz CT molecular complexity index is 1010. The Hall–Kier alpha value is -3.15. The molecular formula is C20H20N4O2. The highest BCUT2D eigenvalue weighted by molar-refractivity contribution is 5.95. The zero-order valence-corrected chi connectivity index (χ0v) is 14.6. The van der Waals surface area contributed by atoms with Crippen molar-refractivity contribution in [1.82, 2.24) is 9.78 Å². The van der Waals surface area contributed by atoms with Crippen molar-refractivity contribution < 1.29 is 9.59 Å². The third kappa shape index (κ3) is 3.18. The van der Waals surface area contributed by atoms with Crippen molar-refractivity contribution >= 4 is 34.1 Å². The summed E-state index contributed by atoms with van der Waals surface area (Å²) >= 11 is 0. The zero-order valence-electron chi connectivity index (χ0n) is 14.6. The molecule has 0 saturated carbocycles. The molecule has 2 aromatic carbocycles. The molecule has 0 saturated heterocycles. The van der Waals surface area contributed by atoms with Crippen LogP contribution in [0.15, 0.2) is 42.5 Å². The van der Waals surface area contributed by atoms with Crippen LogP contribution in [-0.4, -0.2) is 21.6 Å². The molecule has 6 heteroatoms. The number of fused-ring (bicyclic) bond motifs is 2. The van der Waals surface area contributed by atoms with Crippen molar-refractivity contribution in [2.24, 2.45) is 0 Å². The van der Waals surface area contributed by atoms with Crippen LogP contribution in [0.4, 0.5) is 11.4 Å². The summed E-state index contributed by atoms with van der Waals surface area (Å²) in [7, 11) is 0. The molecule has 0 bridgehead atoms. The van der Waals surface area contributed by atoms with Crippen molar-refractivity contribution in [3.8, 4) is 0 Å². The summed E-state index contributed by atoms with van der Waals surface area (Å²) in [6.45, 7) is 2.51. The van der Waals surface area contributed by atoms with Crippen molar-refractivity contribution in [2.75, 3.05) is 10.6 Å². The molecule has 4 rings (SSSR count). The maximum Gasteiger partial charge on any atom is 0.226 e. The maximum absolute atomic E-state index is 12.3. The molecule has 0 spiro atoms. The summed E-state index contributed by atoms with van der Waals surface area (Å²) < 4.78 is 1.88. The number of nitrogens with one attached hydrogen (secondary N) is 2. The molecule has 0 fully saturated rings. The molecule has 0 unspecified atom stereocenters. The lowest BCUT2D eigenvalue weighted by Gasteiger charge is -2.17. The Balaban J connectivity index is 1.42. The number of benzene rings is 2. The summed E-state index contributed by atoms with van der Waals surface area (Å²) in [6, 6.07) is 13.6. The van der Waals surface area contributed by atoms with Crippen LogP contribution in [0.3, 0.4) is 0 Å². The van der Waals surface area contributed by atoms with E-state index in [9.17, 15) is 9.59 Å². The fourth-order valence-electron chi connectivity index (χ4n) is 3.36. The fraction of sp³-hybridized carbons (Fsp3) is 0.250. The molecule has 2 amide bonds. The fourth-order valence-corrected chi connectivity index (χ4v) is 3.36. The van der Waals surface area contributed by atoms with Gasteiger partial charge in [0.1, 0.15) is 0 Å². The summed E-state index contributed by atoms with van der Waals surface area (Å²) in [5.74, 6) is -0.0157. The van der Waals surface area contributed by atoms with Gasteiger partial charge in [-0.05, 0) is 43.2 Å². The average molecular weight is 348 g/mol. The van der Waals surface area contributed by atoms with E-state index in [2.05, 4.69) is 15.7 Å². The van der Waals surface area contributed by atoms with E-state index in [1.807, 2.05) is 54.1 Å². The molecule has 1 aliphatic rings. The van der Waals surface area contributed by atoms with Crippen molar-refractivity contribution in [3.05, 3.63) is 53.7 Å². The second-order valence-corrected chi connectivity index (χ2v) is 6.54. The third-order valence-corrected chi connectivity index (χ3v) is 4.68. The number of amides is 2. The number of hydrogen-bond donors (Lipinski definition) is 2. The van der Waals surface area contributed by atoms with E-state index in [0.29, 0.717) is 25.8 Å². The van der Waals surface area contributed by atoms with Gasteiger partial charge in [-0.3, -0.25) is 14.3 Å². The zero-order chi connectivity index (χ0) is 18.1. The van der Waals surface area contributed by atoms with Crippen LogP contribution in [0.5, 0.6) is 0 Å². The molecule has 2 heterocycles. The molecule has 2 N–H and O–H groups in total. The van der Waals surface area contributed by atoms with Gasteiger partial charge in [0.25, 0.3) is 0 Å². The summed E-state index contributed by atoms with van der Waals surface area (Å²) in [5.41, 5.74) is 4.65. The van der Waals surface area contributed by atoms with Crippen molar-refractivity contribution in [2.45, 2.75) is 32.7 Å². The molecule has 0 atom stereocenters. The normalized spacial score (nSPS) is 13.3. The number of rotatable bonds is 4.